The van der Waals surface area contributed by atoms with E-state index < -0.39 is 7.14 Å². The highest BCUT2D eigenvalue weighted by Crippen LogP contribution is 2.40. The van der Waals surface area contributed by atoms with E-state index >= 15 is 0 Å². The predicted molar refractivity (Wildman–Crippen MR) is 73.4 cm³/mol. The van der Waals surface area contributed by atoms with Crippen LogP contribution in [0.3, 0.4) is 0 Å². The van der Waals surface area contributed by atoms with Gasteiger partial charge in [0.25, 0.3) is 0 Å². The highest BCUT2D eigenvalue weighted by molar-refractivity contribution is 9.10. The topological polar surface area (TPSA) is 17.1 Å². The van der Waals surface area contributed by atoms with E-state index in [0.717, 1.165) is 15.1 Å². The second kappa shape index (κ2) is 4.57. The minimum absolute atomic E-state index is 0.876. The summed E-state index contributed by atoms with van der Waals surface area (Å²) in [5.41, 5.74) is 0. The highest BCUT2D eigenvalue weighted by atomic mass is 79.9. The molecule has 0 fully saturated rings. The summed E-state index contributed by atoms with van der Waals surface area (Å²) >= 11 is 3.46. The van der Waals surface area contributed by atoms with Crippen LogP contribution in [0.15, 0.2) is 59.1 Å². The zero-order chi connectivity index (χ0) is 11.6. The molecular weight excluding hydrogens is 283 g/mol. The van der Waals surface area contributed by atoms with Gasteiger partial charge in [-0.25, -0.2) is 0 Å². The number of hydrogen-bond donors (Lipinski definition) is 0. The Bertz CT molecular complexity index is 537. The SMILES string of the molecule is C[P@](=O)(c1ccccc1)c1ccccc1Br. The molecule has 2 aromatic carbocycles. The molecule has 0 heterocycles. The largest absolute Gasteiger partial charge is 0.314 e. The van der Waals surface area contributed by atoms with Crippen molar-refractivity contribution in [3.8, 4) is 0 Å². The Morgan fingerprint density at radius 2 is 1.50 bits per heavy atom. The average Bonchev–Trinajstić information content (AvgIpc) is 2.30. The smallest absolute Gasteiger partial charge is 0.141 e. The first-order chi connectivity index (χ1) is 7.62. The monoisotopic (exact) mass is 294 g/mol. The maximum Gasteiger partial charge on any atom is 0.141 e. The standard InChI is InChI=1S/C13H12BrOP/c1-16(15,11-7-3-2-4-8-11)13-10-6-5-9-12(13)14/h2-10H,1H3/t16-/m0/s1. The molecule has 0 aliphatic carbocycles. The van der Waals surface area contributed by atoms with E-state index in [9.17, 15) is 4.57 Å². The average molecular weight is 295 g/mol. The summed E-state index contributed by atoms with van der Waals surface area (Å²) in [6, 6.07) is 17.3. The highest BCUT2D eigenvalue weighted by Gasteiger charge is 2.22. The van der Waals surface area contributed by atoms with Gasteiger partial charge < -0.3 is 4.57 Å². The molecule has 2 aromatic rings. The molecule has 1 atom stereocenters. The lowest BCUT2D eigenvalue weighted by molar-refractivity contribution is 0.590. The molecule has 82 valence electrons. The molecule has 0 unspecified atom stereocenters. The third-order valence-corrected chi connectivity index (χ3v) is 6.15. The van der Waals surface area contributed by atoms with Gasteiger partial charge in [0, 0.05) is 15.1 Å². The van der Waals surface area contributed by atoms with Crippen molar-refractivity contribution in [2.75, 3.05) is 6.66 Å². The van der Waals surface area contributed by atoms with Crippen LogP contribution in [-0.2, 0) is 4.57 Å². The van der Waals surface area contributed by atoms with Crippen LogP contribution >= 0.6 is 23.1 Å². The van der Waals surface area contributed by atoms with E-state index in [1.54, 1.807) is 0 Å². The fraction of sp³-hybridized carbons (Fsp3) is 0.0769. The van der Waals surface area contributed by atoms with Crippen LogP contribution in [0.4, 0.5) is 0 Å². The molecule has 0 N–H and O–H groups in total. The lowest BCUT2D eigenvalue weighted by Gasteiger charge is -2.15. The fourth-order valence-corrected chi connectivity index (χ4v) is 4.82. The lowest BCUT2D eigenvalue weighted by Crippen LogP contribution is -2.15. The van der Waals surface area contributed by atoms with Gasteiger partial charge in [0.2, 0.25) is 0 Å². The summed E-state index contributed by atoms with van der Waals surface area (Å²) in [6.45, 7) is 1.81. The van der Waals surface area contributed by atoms with Gasteiger partial charge in [0.1, 0.15) is 7.14 Å². The summed E-state index contributed by atoms with van der Waals surface area (Å²) in [4.78, 5) is 0. The number of rotatable bonds is 2. The van der Waals surface area contributed by atoms with Crippen molar-refractivity contribution >= 4 is 33.7 Å². The Labute approximate surface area is 104 Å². The molecule has 16 heavy (non-hydrogen) atoms. The van der Waals surface area contributed by atoms with Crippen LogP contribution in [-0.4, -0.2) is 6.66 Å². The first-order valence-corrected chi connectivity index (χ1v) is 7.95. The van der Waals surface area contributed by atoms with E-state index in [1.807, 2.05) is 61.3 Å². The molecule has 0 amide bonds. The van der Waals surface area contributed by atoms with E-state index in [2.05, 4.69) is 15.9 Å². The van der Waals surface area contributed by atoms with Crippen molar-refractivity contribution in [2.45, 2.75) is 0 Å². The Morgan fingerprint density at radius 3 is 2.12 bits per heavy atom. The van der Waals surface area contributed by atoms with Crippen molar-refractivity contribution in [1.29, 1.82) is 0 Å². The minimum Gasteiger partial charge on any atom is -0.314 e. The number of benzene rings is 2. The van der Waals surface area contributed by atoms with Crippen molar-refractivity contribution < 1.29 is 4.57 Å². The summed E-state index contributed by atoms with van der Waals surface area (Å²) < 4.78 is 13.7. The Morgan fingerprint density at radius 1 is 0.938 bits per heavy atom. The summed E-state index contributed by atoms with van der Waals surface area (Å²) in [5, 5.41) is 1.77. The molecule has 0 aliphatic heterocycles. The summed E-state index contributed by atoms with van der Waals surface area (Å²) in [6.07, 6.45) is 0. The van der Waals surface area contributed by atoms with Gasteiger partial charge in [-0.1, -0.05) is 64.5 Å². The van der Waals surface area contributed by atoms with E-state index in [4.69, 9.17) is 0 Å². The van der Waals surface area contributed by atoms with Gasteiger partial charge in [-0.05, 0) is 12.7 Å². The second-order valence-electron chi connectivity index (χ2n) is 3.71. The van der Waals surface area contributed by atoms with Crippen LogP contribution in [0.5, 0.6) is 0 Å². The lowest BCUT2D eigenvalue weighted by atomic mass is 10.4. The zero-order valence-electron chi connectivity index (χ0n) is 8.93. The maximum atomic E-state index is 12.8. The third-order valence-electron chi connectivity index (χ3n) is 2.56. The van der Waals surface area contributed by atoms with Crippen LogP contribution in [0.1, 0.15) is 0 Å². The normalized spacial score (nSPS) is 14.4. The molecule has 1 nitrogen and oxygen atoms in total. The molecule has 3 heteroatoms. The first-order valence-electron chi connectivity index (χ1n) is 5.00. The van der Waals surface area contributed by atoms with Crippen LogP contribution < -0.4 is 10.6 Å². The maximum absolute atomic E-state index is 12.8. The minimum atomic E-state index is -2.48. The third kappa shape index (κ3) is 2.14. The molecule has 0 radical (unpaired) electrons. The van der Waals surface area contributed by atoms with Crippen LogP contribution in [0.25, 0.3) is 0 Å². The molecule has 0 spiro atoms. The number of halogens is 1. The number of hydrogen-bond acceptors (Lipinski definition) is 1. The molecule has 0 aliphatic rings. The van der Waals surface area contributed by atoms with Crippen molar-refractivity contribution in [2.24, 2.45) is 0 Å². The van der Waals surface area contributed by atoms with Crippen molar-refractivity contribution in [3.05, 3.63) is 59.1 Å². The predicted octanol–water partition coefficient (Wildman–Crippen LogP) is 3.39. The molecular formula is C13H12BrOP. The Hall–Kier alpha value is -0.850. The van der Waals surface area contributed by atoms with Crippen LogP contribution in [0.2, 0.25) is 0 Å². The molecule has 0 aromatic heterocycles. The second-order valence-corrected chi connectivity index (χ2v) is 7.41. The van der Waals surface area contributed by atoms with Gasteiger partial charge in [0.15, 0.2) is 0 Å². The summed E-state index contributed by atoms with van der Waals surface area (Å²) in [5.74, 6) is 0. The van der Waals surface area contributed by atoms with Gasteiger partial charge in [-0.15, -0.1) is 0 Å². The van der Waals surface area contributed by atoms with Gasteiger partial charge in [0.05, 0.1) is 0 Å². The van der Waals surface area contributed by atoms with E-state index in [1.165, 1.54) is 0 Å². The van der Waals surface area contributed by atoms with E-state index in [-0.39, 0.29) is 0 Å². The first kappa shape index (κ1) is 11.6. The molecule has 0 saturated carbocycles. The quantitative estimate of drug-likeness (QED) is 0.776. The van der Waals surface area contributed by atoms with Crippen LogP contribution in [0, 0.1) is 0 Å². The summed E-state index contributed by atoms with van der Waals surface area (Å²) in [7, 11) is -2.48. The molecule has 0 bridgehead atoms. The van der Waals surface area contributed by atoms with Crippen molar-refractivity contribution in [3.63, 3.8) is 0 Å². The molecule has 2 rings (SSSR count). The van der Waals surface area contributed by atoms with Crippen molar-refractivity contribution in [1.82, 2.24) is 0 Å². The zero-order valence-corrected chi connectivity index (χ0v) is 11.4. The van der Waals surface area contributed by atoms with E-state index in [0.29, 0.717) is 0 Å². The van der Waals surface area contributed by atoms with Gasteiger partial charge in [-0.2, -0.15) is 0 Å². The molecule has 0 saturated heterocycles. The fourth-order valence-electron chi connectivity index (χ4n) is 1.65. The Kier molecular flexibility index (Phi) is 3.32. The van der Waals surface area contributed by atoms with Gasteiger partial charge >= 0.3 is 0 Å². The Balaban J connectivity index is 2.56. The van der Waals surface area contributed by atoms with Gasteiger partial charge in [-0.3, -0.25) is 0 Å².